The van der Waals surface area contributed by atoms with Crippen LogP contribution < -0.4 is 6.15 Å². The van der Waals surface area contributed by atoms with Crippen molar-refractivity contribution in [2.24, 2.45) is 0 Å². The van der Waals surface area contributed by atoms with Crippen molar-refractivity contribution >= 4 is 0 Å². The summed E-state index contributed by atoms with van der Waals surface area (Å²) in [6.07, 6.45) is 0. The van der Waals surface area contributed by atoms with Crippen molar-refractivity contribution in [1.82, 2.24) is 6.15 Å². The molecule has 30 valence electrons. The van der Waals surface area contributed by atoms with Gasteiger partial charge >= 0.3 is 17.1 Å². The molecule has 0 amide bonds. The van der Waals surface area contributed by atoms with E-state index in [1.165, 1.54) is 0 Å². The quantitative estimate of drug-likeness (QED) is 0.375. The Kier molecular flexibility index (Phi) is 9770. The third-order valence-corrected chi connectivity index (χ3v) is 0. The molecule has 0 aromatic heterocycles. The zero-order valence-electron chi connectivity index (χ0n) is 2.35. The molecule has 0 spiro atoms. The van der Waals surface area contributed by atoms with Gasteiger partial charge in [0.05, 0.1) is 0 Å². The van der Waals surface area contributed by atoms with Crippen molar-refractivity contribution in [3.63, 3.8) is 0 Å². The van der Waals surface area contributed by atoms with E-state index >= 15 is 0 Å². The maximum absolute atomic E-state index is 0. The Morgan fingerprint density at radius 3 is 0.750 bits per heavy atom. The monoisotopic (exact) mass is 110 g/mol. The number of rotatable bonds is 0. The molecule has 0 bridgehead atoms. The van der Waals surface area contributed by atoms with Crippen molar-refractivity contribution in [2.75, 3.05) is 0 Å². The Labute approximate surface area is 35.1 Å². The molecule has 0 atom stereocenters. The standard InChI is InChI=1S/Fe.H3N.2H2O/h;1H3;2*1H2/q+2;;;/p+1. The first-order valence-corrected chi connectivity index (χ1v) is 0. The van der Waals surface area contributed by atoms with E-state index in [-0.39, 0.29) is 34.2 Å². The molecule has 0 fully saturated rings. The van der Waals surface area contributed by atoms with Crippen LogP contribution in [0.5, 0.6) is 0 Å². The second kappa shape index (κ2) is 123. The Bertz CT molecular complexity index is 6.00. The van der Waals surface area contributed by atoms with Gasteiger partial charge in [-0.1, -0.05) is 0 Å². The van der Waals surface area contributed by atoms with Gasteiger partial charge in [0.2, 0.25) is 0 Å². The van der Waals surface area contributed by atoms with Crippen LogP contribution in [0.15, 0.2) is 0 Å². The van der Waals surface area contributed by atoms with Crippen LogP contribution in [0.1, 0.15) is 0 Å². The molecule has 0 aliphatic carbocycles. The molecule has 8 N–H and O–H groups in total. The number of quaternary nitrogens is 1. The summed E-state index contributed by atoms with van der Waals surface area (Å²) in [6.45, 7) is 0. The smallest absolute Gasteiger partial charge is 0.412 e. The van der Waals surface area contributed by atoms with Gasteiger partial charge in [0.25, 0.3) is 0 Å². The Balaban J connectivity index is 0. The summed E-state index contributed by atoms with van der Waals surface area (Å²) < 4.78 is 0. The van der Waals surface area contributed by atoms with Crippen LogP contribution in [0.3, 0.4) is 0 Å². The third-order valence-electron chi connectivity index (χ3n) is 0. The minimum absolute atomic E-state index is 0. The summed E-state index contributed by atoms with van der Waals surface area (Å²) in [5, 5.41) is 0. The number of hydrogen-bond donors (Lipinski definition) is 1. The first kappa shape index (κ1) is 319. The van der Waals surface area contributed by atoms with E-state index in [2.05, 4.69) is 0 Å². The van der Waals surface area contributed by atoms with Gasteiger partial charge in [-0.05, 0) is 0 Å². The summed E-state index contributed by atoms with van der Waals surface area (Å²) in [4.78, 5) is 0. The van der Waals surface area contributed by atoms with Crippen molar-refractivity contribution in [1.29, 1.82) is 0 Å². The molecule has 0 heterocycles. The van der Waals surface area contributed by atoms with Gasteiger partial charge in [-0.15, -0.1) is 0 Å². The Morgan fingerprint density at radius 2 is 0.750 bits per heavy atom. The van der Waals surface area contributed by atoms with Gasteiger partial charge in [0, 0.05) is 0 Å². The van der Waals surface area contributed by atoms with E-state index in [0.717, 1.165) is 0 Å². The second-order valence-electron chi connectivity index (χ2n) is 0. The third kappa shape index (κ3) is 29.4. The number of hydrogen-bond acceptors (Lipinski definition) is 0. The molecule has 0 saturated carbocycles. The molecule has 0 radical (unpaired) electrons. The summed E-state index contributed by atoms with van der Waals surface area (Å²) >= 11 is 0. The molecular weight excluding hydrogens is 102 g/mol. The minimum atomic E-state index is 0. The normalized spacial score (nSPS) is 0. The van der Waals surface area contributed by atoms with Crippen LogP contribution in [-0.2, 0) is 17.1 Å². The molecule has 3 nitrogen and oxygen atoms in total. The summed E-state index contributed by atoms with van der Waals surface area (Å²) in [5.74, 6) is 0. The van der Waals surface area contributed by atoms with Crippen LogP contribution in [-0.4, -0.2) is 11.0 Å². The Hall–Kier alpha value is 0.399. The molecule has 0 aliphatic heterocycles. The largest absolute Gasteiger partial charge is 2.00 e. The molecule has 0 saturated heterocycles. The van der Waals surface area contributed by atoms with E-state index in [1.54, 1.807) is 0 Å². The average molecular weight is 110 g/mol. The fourth-order valence-electron chi connectivity index (χ4n) is 0. The van der Waals surface area contributed by atoms with E-state index in [0.29, 0.717) is 0 Å². The summed E-state index contributed by atoms with van der Waals surface area (Å²) in [7, 11) is 0. The van der Waals surface area contributed by atoms with Gasteiger partial charge in [-0.25, -0.2) is 0 Å². The average Bonchev–Trinajstić information content (AvgIpc) is 0. The molecule has 0 aliphatic rings. The molecule has 4 heteroatoms. The second-order valence-corrected chi connectivity index (χ2v) is 0. The van der Waals surface area contributed by atoms with Crippen LogP contribution in [0.25, 0.3) is 0 Å². The molecule has 0 aromatic carbocycles. The van der Waals surface area contributed by atoms with Gasteiger partial charge in [-0.3, -0.25) is 0 Å². The molecule has 0 unspecified atom stereocenters. The molecule has 0 aromatic rings. The van der Waals surface area contributed by atoms with Crippen LogP contribution >= 0.6 is 0 Å². The van der Waals surface area contributed by atoms with Crippen LogP contribution in [0, 0.1) is 0 Å². The predicted molar refractivity (Wildman–Crippen MR) is 13.2 cm³/mol. The topological polar surface area (TPSA) is 99.5 Å². The van der Waals surface area contributed by atoms with E-state index < -0.39 is 0 Å². The zero-order chi connectivity index (χ0) is 0. The maximum atomic E-state index is 0. The van der Waals surface area contributed by atoms with Gasteiger partial charge < -0.3 is 17.1 Å². The fourth-order valence-corrected chi connectivity index (χ4v) is 0. The van der Waals surface area contributed by atoms with Gasteiger partial charge in [-0.2, -0.15) is 0 Å². The summed E-state index contributed by atoms with van der Waals surface area (Å²) in [5.41, 5.74) is 0. The van der Waals surface area contributed by atoms with Crippen molar-refractivity contribution < 1.29 is 28.0 Å². The Morgan fingerprint density at radius 1 is 0.750 bits per heavy atom. The maximum Gasteiger partial charge on any atom is 2.00 e. The molecular formula is H8FeNO2+3. The van der Waals surface area contributed by atoms with Crippen molar-refractivity contribution in [3.8, 4) is 0 Å². The molecule has 4 heavy (non-hydrogen) atoms. The van der Waals surface area contributed by atoms with E-state index in [4.69, 9.17) is 0 Å². The SMILES string of the molecule is O.O.[Fe+2].[NH4+]. The summed E-state index contributed by atoms with van der Waals surface area (Å²) in [6, 6.07) is 0. The first-order valence-electron chi connectivity index (χ1n) is 0. The van der Waals surface area contributed by atoms with Crippen LogP contribution in [0.2, 0.25) is 0 Å². The molecule has 0 rings (SSSR count). The first-order chi connectivity index (χ1) is 0. The predicted octanol–water partition coefficient (Wildman–Crippen LogP) is -1.28. The van der Waals surface area contributed by atoms with Gasteiger partial charge in [0.15, 0.2) is 0 Å². The van der Waals surface area contributed by atoms with Crippen molar-refractivity contribution in [2.45, 2.75) is 0 Å². The minimum Gasteiger partial charge on any atom is -0.412 e. The fraction of sp³-hybridized carbons (Fsp3) is 0. The van der Waals surface area contributed by atoms with Crippen molar-refractivity contribution in [3.05, 3.63) is 0 Å². The zero-order valence-corrected chi connectivity index (χ0v) is 3.46. The van der Waals surface area contributed by atoms with Gasteiger partial charge in [0.1, 0.15) is 0 Å². The van der Waals surface area contributed by atoms with Crippen LogP contribution in [0.4, 0.5) is 0 Å². The van der Waals surface area contributed by atoms with E-state index in [1.807, 2.05) is 0 Å². The van der Waals surface area contributed by atoms with E-state index in [9.17, 15) is 0 Å².